The van der Waals surface area contributed by atoms with Crippen LogP contribution in [0.15, 0.2) is 36.4 Å². The molecule has 0 unspecified atom stereocenters. The smallest absolute Gasteiger partial charge is 0.435 e. The number of benzene rings is 1. The van der Waals surface area contributed by atoms with Crippen LogP contribution in [0.2, 0.25) is 0 Å². The maximum Gasteiger partial charge on any atom is 0.435 e. The first-order valence-corrected chi connectivity index (χ1v) is 5.77. The molecule has 4 nitrogen and oxygen atoms in total. The minimum Gasteiger partial charge on any atom is -0.438 e. The molecule has 0 amide bonds. The number of ether oxygens (including phenoxy) is 1. The fourth-order valence-corrected chi connectivity index (χ4v) is 1.50. The van der Waals surface area contributed by atoms with Crippen molar-refractivity contribution < 1.29 is 23.0 Å². The molecule has 0 bridgehead atoms. The Hall–Kier alpha value is -2.15. The van der Waals surface area contributed by atoms with Gasteiger partial charge in [0.2, 0.25) is 5.88 Å². The van der Waals surface area contributed by atoms with Gasteiger partial charge in [-0.3, -0.25) is 0 Å². The Morgan fingerprint density at radius 3 is 2.20 bits per heavy atom. The molecule has 0 aliphatic rings. The van der Waals surface area contributed by atoms with Gasteiger partial charge in [0.15, 0.2) is 5.69 Å². The highest BCUT2D eigenvalue weighted by atomic mass is 19.4. The van der Waals surface area contributed by atoms with E-state index in [0.717, 1.165) is 17.7 Å². The number of aromatic nitrogens is 2. The van der Waals surface area contributed by atoms with Gasteiger partial charge in [-0.1, -0.05) is 12.1 Å². The molecule has 0 aliphatic heterocycles. The van der Waals surface area contributed by atoms with Crippen molar-refractivity contribution in [3.8, 4) is 11.6 Å². The highest BCUT2D eigenvalue weighted by Crippen LogP contribution is 2.28. The fourth-order valence-electron chi connectivity index (χ4n) is 1.50. The van der Waals surface area contributed by atoms with Gasteiger partial charge in [-0.05, 0) is 30.2 Å². The van der Waals surface area contributed by atoms with Gasteiger partial charge >= 0.3 is 6.18 Å². The third-order valence-corrected chi connectivity index (χ3v) is 2.48. The standard InChI is InChI=1S/C13H11F3N2O2/c14-13(15,16)11-5-6-12(18-17-11)20-10-3-1-9(2-4-10)7-8-19/h1-6,19H,7-8H2. The number of aliphatic hydroxyl groups is 1. The van der Waals surface area contributed by atoms with Crippen molar-refractivity contribution in [3.05, 3.63) is 47.7 Å². The molecule has 1 aromatic carbocycles. The van der Waals surface area contributed by atoms with E-state index in [-0.39, 0.29) is 12.5 Å². The van der Waals surface area contributed by atoms with Gasteiger partial charge in [0.1, 0.15) is 5.75 Å². The van der Waals surface area contributed by atoms with Crippen LogP contribution >= 0.6 is 0 Å². The molecule has 2 aromatic rings. The predicted molar refractivity (Wildman–Crippen MR) is 64.3 cm³/mol. The maximum absolute atomic E-state index is 12.3. The molecule has 0 atom stereocenters. The SMILES string of the molecule is OCCc1ccc(Oc2ccc(C(F)(F)F)nn2)cc1. The lowest BCUT2D eigenvalue weighted by atomic mass is 10.1. The predicted octanol–water partition coefficient (Wildman–Crippen LogP) is 2.82. The van der Waals surface area contributed by atoms with Crippen molar-refractivity contribution in [2.24, 2.45) is 0 Å². The first kappa shape index (κ1) is 14.3. The van der Waals surface area contributed by atoms with E-state index in [1.54, 1.807) is 24.3 Å². The highest BCUT2D eigenvalue weighted by molar-refractivity contribution is 5.30. The number of nitrogens with zero attached hydrogens (tertiary/aromatic N) is 2. The molecule has 1 N–H and O–H groups in total. The van der Waals surface area contributed by atoms with Gasteiger partial charge in [0.05, 0.1) is 0 Å². The Kier molecular flexibility index (Phi) is 4.19. The summed E-state index contributed by atoms with van der Waals surface area (Å²) in [6.07, 6.45) is -3.99. The van der Waals surface area contributed by atoms with Crippen molar-refractivity contribution in [1.82, 2.24) is 10.2 Å². The second-order valence-corrected chi connectivity index (χ2v) is 3.97. The summed E-state index contributed by atoms with van der Waals surface area (Å²) in [5, 5.41) is 15.2. The van der Waals surface area contributed by atoms with E-state index in [1.807, 2.05) is 0 Å². The Labute approximate surface area is 112 Å². The molecule has 20 heavy (non-hydrogen) atoms. The second kappa shape index (κ2) is 5.87. The number of rotatable bonds is 4. The van der Waals surface area contributed by atoms with Gasteiger partial charge in [0.25, 0.3) is 0 Å². The molecular weight excluding hydrogens is 273 g/mol. The minimum atomic E-state index is -4.52. The summed E-state index contributed by atoms with van der Waals surface area (Å²) < 4.78 is 42.2. The molecule has 7 heteroatoms. The zero-order valence-electron chi connectivity index (χ0n) is 10.3. The van der Waals surface area contributed by atoms with E-state index in [2.05, 4.69) is 10.2 Å². The first-order chi connectivity index (χ1) is 9.49. The second-order valence-electron chi connectivity index (χ2n) is 3.97. The summed E-state index contributed by atoms with van der Waals surface area (Å²) in [5.74, 6) is 0.411. The van der Waals surface area contributed by atoms with E-state index >= 15 is 0 Å². The summed E-state index contributed by atoms with van der Waals surface area (Å²) in [5.41, 5.74) is -0.138. The maximum atomic E-state index is 12.3. The van der Waals surface area contributed by atoms with Crippen molar-refractivity contribution in [2.75, 3.05) is 6.61 Å². The molecule has 2 rings (SSSR count). The van der Waals surface area contributed by atoms with Crippen molar-refractivity contribution in [3.63, 3.8) is 0 Å². The van der Waals surface area contributed by atoms with Gasteiger partial charge in [-0.25, -0.2) is 0 Å². The number of aliphatic hydroxyl groups excluding tert-OH is 1. The van der Waals surface area contributed by atoms with E-state index in [0.29, 0.717) is 12.2 Å². The number of hydrogen-bond donors (Lipinski definition) is 1. The minimum absolute atomic E-state index is 0.0205. The van der Waals surface area contributed by atoms with E-state index in [4.69, 9.17) is 9.84 Å². The van der Waals surface area contributed by atoms with Crippen molar-refractivity contribution in [1.29, 1.82) is 0 Å². The lowest BCUT2D eigenvalue weighted by Crippen LogP contribution is -2.08. The molecule has 0 saturated carbocycles. The monoisotopic (exact) mass is 284 g/mol. The van der Waals surface area contributed by atoms with Gasteiger partial charge in [-0.2, -0.15) is 13.2 Å². The molecule has 0 radical (unpaired) electrons. The van der Waals surface area contributed by atoms with Crippen LogP contribution in [-0.4, -0.2) is 21.9 Å². The molecule has 0 saturated heterocycles. The Balaban J connectivity index is 2.06. The van der Waals surface area contributed by atoms with Gasteiger partial charge in [0, 0.05) is 12.7 Å². The molecule has 0 spiro atoms. The number of hydrogen-bond acceptors (Lipinski definition) is 4. The van der Waals surface area contributed by atoms with Crippen LogP contribution in [0.4, 0.5) is 13.2 Å². The Morgan fingerprint density at radius 1 is 1.00 bits per heavy atom. The lowest BCUT2D eigenvalue weighted by Gasteiger charge is -2.07. The fraction of sp³-hybridized carbons (Fsp3) is 0.231. The van der Waals surface area contributed by atoms with Crippen molar-refractivity contribution >= 4 is 0 Å². The molecule has 1 aromatic heterocycles. The van der Waals surface area contributed by atoms with Crippen molar-refractivity contribution in [2.45, 2.75) is 12.6 Å². The van der Waals surface area contributed by atoms with E-state index in [9.17, 15) is 13.2 Å². The lowest BCUT2D eigenvalue weighted by molar-refractivity contribution is -0.141. The summed E-state index contributed by atoms with van der Waals surface area (Å²) in [7, 11) is 0. The zero-order chi connectivity index (χ0) is 14.6. The number of halogens is 3. The summed E-state index contributed by atoms with van der Waals surface area (Å²) in [6, 6.07) is 8.71. The zero-order valence-corrected chi connectivity index (χ0v) is 10.3. The van der Waals surface area contributed by atoms with Crippen LogP contribution in [0.5, 0.6) is 11.6 Å². The average molecular weight is 284 g/mol. The normalized spacial score (nSPS) is 11.4. The van der Waals surface area contributed by atoms with Crippen LogP contribution in [0.25, 0.3) is 0 Å². The summed E-state index contributed by atoms with van der Waals surface area (Å²) in [4.78, 5) is 0. The van der Waals surface area contributed by atoms with E-state index < -0.39 is 11.9 Å². The molecule has 106 valence electrons. The molecule has 1 heterocycles. The Bertz CT molecular complexity index is 553. The Morgan fingerprint density at radius 2 is 1.70 bits per heavy atom. The molecular formula is C13H11F3N2O2. The quantitative estimate of drug-likeness (QED) is 0.938. The highest BCUT2D eigenvalue weighted by Gasteiger charge is 2.32. The van der Waals surface area contributed by atoms with Crippen LogP contribution in [0.3, 0.4) is 0 Å². The third-order valence-electron chi connectivity index (χ3n) is 2.48. The van der Waals surface area contributed by atoms with Crippen LogP contribution in [0.1, 0.15) is 11.3 Å². The first-order valence-electron chi connectivity index (χ1n) is 5.77. The molecule has 0 aliphatic carbocycles. The largest absolute Gasteiger partial charge is 0.438 e. The topological polar surface area (TPSA) is 55.2 Å². The average Bonchev–Trinajstić information content (AvgIpc) is 2.41. The third kappa shape index (κ3) is 3.67. The van der Waals surface area contributed by atoms with Gasteiger partial charge in [-0.15, -0.1) is 10.2 Å². The summed E-state index contributed by atoms with van der Waals surface area (Å²) in [6.45, 7) is 0.0462. The number of alkyl halides is 3. The van der Waals surface area contributed by atoms with Crippen LogP contribution < -0.4 is 4.74 Å². The van der Waals surface area contributed by atoms with E-state index in [1.165, 1.54) is 0 Å². The van der Waals surface area contributed by atoms with Gasteiger partial charge < -0.3 is 9.84 Å². The van der Waals surface area contributed by atoms with Crippen LogP contribution in [0, 0.1) is 0 Å². The molecule has 0 fully saturated rings. The van der Waals surface area contributed by atoms with Crippen LogP contribution in [-0.2, 0) is 12.6 Å². The summed E-state index contributed by atoms with van der Waals surface area (Å²) >= 11 is 0.